The maximum atomic E-state index is 6.01. The zero-order valence-corrected chi connectivity index (χ0v) is 15.4. The van der Waals surface area contributed by atoms with Crippen LogP contribution in [0.2, 0.25) is 0 Å². The average Bonchev–Trinajstić information content (AvgIpc) is 3.10. The van der Waals surface area contributed by atoms with Crippen molar-refractivity contribution in [1.29, 1.82) is 0 Å². The van der Waals surface area contributed by atoms with E-state index in [0.717, 1.165) is 37.4 Å². The van der Waals surface area contributed by atoms with Crippen molar-refractivity contribution >= 4 is 23.1 Å². The number of hydrogen-bond acceptors (Lipinski definition) is 8. The lowest BCUT2D eigenvalue weighted by Crippen LogP contribution is -2.40. The number of aromatic nitrogens is 4. The van der Waals surface area contributed by atoms with Gasteiger partial charge in [0.1, 0.15) is 11.5 Å². The predicted molar refractivity (Wildman–Crippen MR) is 103 cm³/mol. The van der Waals surface area contributed by atoms with Gasteiger partial charge in [0.25, 0.3) is 0 Å². The molecule has 0 bridgehead atoms. The van der Waals surface area contributed by atoms with Gasteiger partial charge in [0.2, 0.25) is 5.95 Å². The molecule has 2 aromatic heterocycles. The molecule has 1 aliphatic heterocycles. The number of fused-ring (bicyclic) bond motifs is 1. The quantitative estimate of drug-likeness (QED) is 0.702. The Hall–Kier alpha value is -3.07. The Labute approximate surface area is 157 Å². The number of nitrogens with zero attached hydrogens (tertiary/aromatic N) is 5. The molecule has 0 spiro atoms. The molecule has 3 N–H and O–H groups in total. The molecule has 1 aliphatic rings. The molecule has 9 heteroatoms. The fraction of sp³-hybridized carbons (Fsp3) is 0.389. The van der Waals surface area contributed by atoms with E-state index in [1.54, 1.807) is 31.1 Å². The molecule has 1 aromatic carbocycles. The highest BCUT2D eigenvalue weighted by Crippen LogP contribution is 2.28. The van der Waals surface area contributed by atoms with Gasteiger partial charge in [-0.05, 0) is 12.8 Å². The first kappa shape index (κ1) is 17.3. The van der Waals surface area contributed by atoms with Gasteiger partial charge in [-0.2, -0.15) is 4.98 Å². The molecule has 0 amide bonds. The number of benzene rings is 1. The molecule has 3 heterocycles. The van der Waals surface area contributed by atoms with Gasteiger partial charge in [0, 0.05) is 55.4 Å². The van der Waals surface area contributed by atoms with Crippen LogP contribution in [0.1, 0.15) is 12.8 Å². The van der Waals surface area contributed by atoms with Crippen LogP contribution in [0.4, 0.5) is 17.5 Å². The summed E-state index contributed by atoms with van der Waals surface area (Å²) in [5.74, 6) is 2.68. The number of ether oxygens (including phenoxy) is 2. The molecule has 1 fully saturated rings. The van der Waals surface area contributed by atoms with E-state index < -0.39 is 0 Å². The van der Waals surface area contributed by atoms with E-state index in [0.29, 0.717) is 23.1 Å². The lowest BCUT2D eigenvalue weighted by Gasteiger charge is -2.30. The molecular weight excluding hydrogens is 346 g/mol. The maximum Gasteiger partial charge on any atom is 0.247 e. The third-order valence-electron chi connectivity index (χ3n) is 4.68. The number of anilines is 3. The van der Waals surface area contributed by atoms with Crippen molar-refractivity contribution in [1.82, 2.24) is 19.6 Å². The minimum Gasteiger partial charge on any atom is -0.497 e. The summed E-state index contributed by atoms with van der Waals surface area (Å²) < 4.78 is 12.3. The van der Waals surface area contributed by atoms with Gasteiger partial charge in [0.15, 0.2) is 11.5 Å². The minimum absolute atomic E-state index is 0.263. The highest BCUT2D eigenvalue weighted by molar-refractivity contribution is 5.67. The molecule has 0 atom stereocenters. The molecule has 0 radical (unpaired) electrons. The van der Waals surface area contributed by atoms with Crippen LogP contribution >= 0.6 is 0 Å². The van der Waals surface area contributed by atoms with E-state index in [4.69, 9.17) is 15.2 Å². The normalized spacial score (nSPS) is 15.1. The summed E-state index contributed by atoms with van der Waals surface area (Å²) in [7, 11) is 3.23. The van der Waals surface area contributed by atoms with E-state index in [1.807, 2.05) is 18.2 Å². The molecule has 0 aliphatic carbocycles. The Kier molecular flexibility index (Phi) is 4.68. The fourth-order valence-corrected chi connectivity index (χ4v) is 3.20. The van der Waals surface area contributed by atoms with Gasteiger partial charge in [-0.25, -0.2) is 9.50 Å². The third-order valence-corrected chi connectivity index (χ3v) is 4.68. The monoisotopic (exact) mass is 369 g/mol. The number of piperidine rings is 1. The second kappa shape index (κ2) is 7.28. The third kappa shape index (κ3) is 3.59. The van der Waals surface area contributed by atoms with E-state index in [-0.39, 0.29) is 6.04 Å². The van der Waals surface area contributed by atoms with Crippen molar-refractivity contribution in [3.05, 3.63) is 30.6 Å². The largest absolute Gasteiger partial charge is 0.497 e. The van der Waals surface area contributed by atoms with E-state index in [9.17, 15) is 0 Å². The van der Waals surface area contributed by atoms with Gasteiger partial charge in [-0.3, -0.25) is 0 Å². The number of hydrogen-bond donors (Lipinski definition) is 2. The predicted octanol–water partition coefficient (Wildman–Crippen LogP) is 1.81. The average molecular weight is 369 g/mol. The number of nitrogens with one attached hydrogen (secondary N) is 1. The van der Waals surface area contributed by atoms with E-state index in [1.165, 1.54) is 0 Å². The van der Waals surface area contributed by atoms with Crippen LogP contribution in [0.25, 0.3) is 5.65 Å². The Morgan fingerprint density at radius 2 is 1.81 bits per heavy atom. The first-order valence-corrected chi connectivity index (χ1v) is 8.88. The number of methoxy groups -OCH3 is 2. The van der Waals surface area contributed by atoms with E-state index >= 15 is 0 Å². The molecule has 1 saturated heterocycles. The molecule has 3 aromatic rings. The molecular formula is C18H23N7O2. The van der Waals surface area contributed by atoms with Gasteiger partial charge in [-0.15, -0.1) is 5.10 Å². The Morgan fingerprint density at radius 1 is 1.11 bits per heavy atom. The first-order valence-electron chi connectivity index (χ1n) is 8.88. The lowest BCUT2D eigenvalue weighted by atomic mass is 10.1. The van der Waals surface area contributed by atoms with Crippen LogP contribution in [-0.2, 0) is 0 Å². The molecule has 27 heavy (non-hydrogen) atoms. The van der Waals surface area contributed by atoms with Crippen molar-refractivity contribution < 1.29 is 9.47 Å². The van der Waals surface area contributed by atoms with Gasteiger partial charge in [-0.1, -0.05) is 0 Å². The van der Waals surface area contributed by atoms with Crippen LogP contribution < -0.4 is 25.4 Å². The zero-order chi connectivity index (χ0) is 18.8. The Morgan fingerprint density at radius 3 is 2.48 bits per heavy atom. The number of nitrogens with two attached hydrogens (primary N) is 1. The second-order valence-electron chi connectivity index (χ2n) is 6.51. The summed E-state index contributed by atoms with van der Waals surface area (Å²) in [5.41, 5.74) is 7.51. The summed E-state index contributed by atoms with van der Waals surface area (Å²) in [4.78, 5) is 11.4. The van der Waals surface area contributed by atoms with Crippen LogP contribution in [0.5, 0.6) is 11.5 Å². The van der Waals surface area contributed by atoms with Crippen LogP contribution in [0.3, 0.4) is 0 Å². The zero-order valence-electron chi connectivity index (χ0n) is 15.4. The Balaban J connectivity index is 1.63. The smallest absolute Gasteiger partial charge is 0.247 e. The van der Waals surface area contributed by atoms with Crippen LogP contribution in [-0.4, -0.2) is 52.9 Å². The second-order valence-corrected chi connectivity index (χ2v) is 6.51. The summed E-state index contributed by atoms with van der Waals surface area (Å²) in [5, 5.41) is 7.72. The Bertz CT molecular complexity index is 912. The highest BCUT2D eigenvalue weighted by atomic mass is 16.5. The highest BCUT2D eigenvalue weighted by Gasteiger charge is 2.21. The van der Waals surface area contributed by atoms with Crippen molar-refractivity contribution in [2.75, 3.05) is 37.5 Å². The van der Waals surface area contributed by atoms with Gasteiger partial charge < -0.3 is 25.4 Å². The van der Waals surface area contributed by atoms with Gasteiger partial charge in [0.05, 0.1) is 14.2 Å². The van der Waals surface area contributed by atoms with Crippen molar-refractivity contribution in [3.8, 4) is 11.5 Å². The van der Waals surface area contributed by atoms with Crippen molar-refractivity contribution in [2.24, 2.45) is 5.73 Å². The first-order chi connectivity index (χ1) is 13.2. The molecule has 0 unspecified atom stereocenters. The van der Waals surface area contributed by atoms with Crippen molar-refractivity contribution in [3.63, 3.8) is 0 Å². The lowest BCUT2D eigenvalue weighted by molar-refractivity contribution is 0.395. The molecule has 0 saturated carbocycles. The van der Waals surface area contributed by atoms with Crippen LogP contribution in [0, 0.1) is 0 Å². The van der Waals surface area contributed by atoms with E-state index in [2.05, 4.69) is 25.3 Å². The molecule has 4 rings (SSSR count). The summed E-state index contributed by atoms with van der Waals surface area (Å²) >= 11 is 0. The van der Waals surface area contributed by atoms with Crippen LogP contribution in [0.15, 0.2) is 30.6 Å². The summed E-state index contributed by atoms with van der Waals surface area (Å²) in [6.07, 6.45) is 5.43. The minimum atomic E-state index is 0.263. The fourth-order valence-electron chi connectivity index (χ4n) is 3.20. The number of rotatable bonds is 5. The SMILES string of the molecule is COc1cc(Nc2nc3c(N4CCC(N)CC4)nccn3n2)cc(OC)c1. The summed E-state index contributed by atoms with van der Waals surface area (Å²) in [6, 6.07) is 5.79. The summed E-state index contributed by atoms with van der Waals surface area (Å²) in [6.45, 7) is 1.74. The molecule has 9 nitrogen and oxygen atoms in total. The topological polar surface area (TPSA) is 103 Å². The maximum absolute atomic E-state index is 6.01. The van der Waals surface area contributed by atoms with Gasteiger partial charge >= 0.3 is 0 Å². The standard InChI is InChI=1S/C18H23N7O2/c1-26-14-9-13(10-15(11-14)27-2)21-18-22-17-16(20-5-8-25(17)23-18)24-6-3-12(19)4-7-24/h5,8-12H,3-4,6-7,19H2,1-2H3,(H,21,23). The van der Waals surface area contributed by atoms with Crippen molar-refractivity contribution in [2.45, 2.75) is 18.9 Å². The molecule has 142 valence electrons.